The van der Waals surface area contributed by atoms with E-state index in [2.05, 4.69) is 9.46 Å². The second-order valence-electron chi connectivity index (χ2n) is 6.72. The molecule has 0 radical (unpaired) electrons. The van der Waals surface area contributed by atoms with Crippen LogP contribution in [0.5, 0.6) is 5.75 Å². The Hall–Kier alpha value is -1.77. The normalized spacial score (nSPS) is 16.9. The van der Waals surface area contributed by atoms with Gasteiger partial charge in [-0.1, -0.05) is 36.6 Å². The van der Waals surface area contributed by atoms with Gasteiger partial charge in [-0.05, 0) is 60.7 Å². The maximum atomic E-state index is 12.8. The quantitative estimate of drug-likeness (QED) is 0.659. The topological polar surface area (TPSA) is 55.4 Å². The molecule has 0 saturated heterocycles. The van der Waals surface area contributed by atoms with E-state index in [-0.39, 0.29) is 10.8 Å². The van der Waals surface area contributed by atoms with Crippen molar-refractivity contribution >= 4 is 21.6 Å². The monoisotopic (exact) mass is 433 g/mol. The molecule has 1 unspecified atom stereocenters. The maximum Gasteiger partial charge on any atom is 0.573 e. The summed E-state index contributed by atoms with van der Waals surface area (Å²) in [4.78, 5) is -0.132. The highest BCUT2D eigenvalue weighted by atomic mass is 35.5. The summed E-state index contributed by atoms with van der Waals surface area (Å²) in [6, 6.07) is 10.7. The lowest BCUT2D eigenvalue weighted by molar-refractivity contribution is -0.274. The van der Waals surface area contributed by atoms with Crippen molar-refractivity contribution < 1.29 is 26.3 Å². The van der Waals surface area contributed by atoms with Crippen molar-refractivity contribution in [1.82, 2.24) is 4.72 Å². The van der Waals surface area contributed by atoms with Crippen LogP contribution in [0, 0.1) is 5.92 Å². The summed E-state index contributed by atoms with van der Waals surface area (Å²) >= 11 is 6.07. The summed E-state index contributed by atoms with van der Waals surface area (Å²) in [6.45, 7) is 0. The number of sulfonamides is 1. The summed E-state index contributed by atoms with van der Waals surface area (Å²) in [5.74, 6) is -0.352. The molecule has 1 atom stereocenters. The summed E-state index contributed by atoms with van der Waals surface area (Å²) in [7, 11) is -3.95. The van der Waals surface area contributed by atoms with Crippen molar-refractivity contribution in [3.05, 3.63) is 59.1 Å². The van der Waals surface area contributed by atoms with Gasteiger partial charge in [-0.15, -0.1) is 13.2 Å². The van der Waals surface area contributed by atoms with Crippen LogP contribution >= 0.6 is 11.6 Å². The van der Waals surface area contributed by atoms with Crippen LogP contribution in [0.15, 0.2) is 53.4 Å². The highest BCUT2D eigenvalue weighted by molar-refractivity contribution is 7.89. The van der Waals surface area contributed by atoms with Gasteiger partial charge in [0.2, 0.25) is 10.0 Å². The van der Waals surface area contributed by atoms with Crippen LogP contribution in [0.25, 0.3) is 0 Å². The van der Waals surface area contributed by atoms with Gasteiger partial charge < -0.3 is 4.74 Å². The lowest BCUT2D eigenvalue weighted by Crippen LogP contribution is -2.32. The number of halogens is 4. The molecule has 0 aromatic heterocycles. The van der Waals surface area contributed by atoms with E-state index >= 15 is 0 Å². The number of rotatable bonds is 6. The van der Waals surface area contributed by atoms with Gasteiger partial charge in [-0.2, -0.15) is 0 Å². The van der Waals surface area contributed by atoms with Crippen LogP contribution in [-0.4, -0.2) is 14.8 Å². The first kappa shape index (κ1) is 21.0. The fraction of sp³-hybridized carbons (Fsp3) is 0.368. The SMILES string of the molecule is O=S(=O)(NC(c1cccc(Cl)c1)C1CCCC1)c1ccc(OC(F)(F)F)cc1. The minimum Gasteiger partial charge on any atom is -0.406 e. The number of benzene rings is 2. The number of hydrogen-bond donors (Lipinski definition) is 1. The van der Waals surface area contributed by atoms with E-state index < -0.39 is 28.2 Å². The Balaban J connectivity index is 1.84. The van der Waals surface area contributed by atoms with Crippen LogP contribution in [-0.2, 0) is 10.0 Å². The van der Waals surface area contributed by atoms with Crippen molar-refractivity contribution in [1.29, 1.82) is 0 Å². The highest BCUT2D eigenvalue weighted by Gasteiger charge is 2.32. The zero-order valence-corrected chi connectivity index (χ0v) is 16.3. The largest absolute Gasteiger partial charge is 0.573 e. The maximum absolute atomic E-state index is 12.8. The zero-order valence-electron chi connectivity index (χ0n) is 14.7. The lowest BCUT2D eigenvalue weighted by atomic mass is 9.92. The molecule has 9 heteroatoms. The van der Waals surface area contributed by atoms with Gasteiger partial charge in [0.15, 0.2) is 0 Å². The molecule has 2 aromatic carbocycles. The fourth-order valence-corrected chi connectivity index (χ4v) is 4.97. The van der Waals surface area contributed by atoms with Crippen molar-refractivity contribution in [3.63, 3.8) is 0 Å². The number of ether oxygens (including phenoxy) is 1. The molecule has 1 aliphatic carbocycles. The molecule has 4 nitrogen and oxygen atoms in total. The van der Waals surface area contributed by atoms with Gasteiger partial charge in [-0.3, -0.25) is 0 Å². The third-order valence-corrected chi connectivity index (χ3v) is 6.42. The summed E-state index contributed by atoms with van der Waals surface area (Å²) in [5.41, 5.74) is 0.764. The summed E-state index contributed by atoms with van der Waals surface area (Å²) < 4.78 is 69.0. The smallest absolute Gasteiger partial charge is 0.406 e. The second-order valence-corrected chi connectivity index (χ2v) is 8.87. The average molecular weight is 434 g/mol. The predicted octanol–water partition coefficient (Wildman–Crippen LogP) is 5.45. The van der Waals surface area contributed by atoms with Crippen LogP contribution in [0.4, 0.5) is 13.2 Å². The lowest BCUT2D eigenvalue weighted by Gasteiger charge is -2.25. The average Bonchev–Trinajstić information content (AvgIpc) is 3.13. The molecule has 152 valence electrons. The number of alkyl halides is 3. The minimum atomic E-state index is -4.83. The molecule has 1 N–H and O–H groups in total. The van der Waals surface area contributed by atoms with E-state index in [1.54, 1.807) is 18.2 Å². The second kappa shape index (κ2) is 8.31. The van der Waals surface area contributed by atoms with Gasteiger partial charge in [0.25, 0.3) is 0 Å². The molecule has 1 saturated carbocycles. The van der Waals surface area contributed by atoms with Crippen molar-refractivity contribution in [2.24, 2.45) is 5.92 Å². The molecule has 0 bridgehead atoms. The molecular weight excluding hydrogens is 415 g/mol. The third kappa shape index (κ3) is 5.40. The molecule has 28 heavy (non-hydrogen) atoms. The Morgan fingerprint density at radius 3 is 2.29 bits per heavy atom. The van der Waals surface area contributed by atoms with Gasteiger partial charge in [0.05, 0.1) is 4.90 Å². The van der Waals surface area contributed by atoms with Crippen LogP contribution in [0.3, 0.4) is 0 Å². The Morgan fingerprint density at radius 2 is 1.71 bits per heavy atom. The van der Waals surface area contributed by atoms with Crippen LogP contribution in [0.1, 0.15) is 37.3 Å². The predicted molar refractivity (Wildman–Crippen MR) is 99.6 cm³/mol. The Labute approximate surface area is 166 Å². The van der Waals surface area contributed by atoms with Gasteiger partial charge in [0, 0.05) is 11.1 Å². The minimum absolute atomic E-state index is 0.126. The Kier molecular flexibility index (Phi) is 6.21. The molecule has 1 aliphatic rings. The van der Waals surface area contributed by atoms with Crippen LogP contribution in [0.2, 0.25) is 5.02 Å². The Bertz CT molecular complexity index is 911. The summed E-state index contributed by atoms with van der Waals surface area (Å²) in [6.07, 6.45) is -1.02. The van der Waals surface area contributed by atoms with E-state index in [9.17, 15) is 21.6 Å². The molecule has 0 amide bonds. The first-order valence-electron chi connectivity index (χ1n) is 8.78. The highest BCUT2D eigenvalue weighted by Crippen LogP contribution is 2.37. The van der Waals surface area contributed by atoms with E-state index in [4.69, 9.17) is 11.6 Å². The van der Waals surface area contributed by atoms with E-state index in [0.29, 0.717) is 5.02 Å². The van der Waals surface area contributed by atoms with E-state index in [0.717, 1.165) is 55.5 Å². The fourth-order valence-electron chi connectivity index (χ4n) is 3.48. The molecule has 0 heterocycles. The van der Waals surface area contributed by atoms with E-state index in [1.165, 1.54) is 0 Å². The van der Waals surface area contributed by atoms with Gasteiger partial charge >= 0.3 is 6.36 Å². The van der Waals surface area contributed by atoms with Crippen molar-refractivity contribution in [2.45, 2.75) is 43.0 Å². The Morgan fingerprint density at radius 1 is 1.07 bits per heavy atom. The van der Waals surface area contributed by atoms with Gasteiger partial charge in [0.1, 0.15) is 5.75 Å². The van der Waals surface area contributed by atoms with Crippen LogP contribution < -0.4 is 9.46 Å². The first-order valence-corrected chi connectivity index (χ1v) is 10.6. The standard InChI is InChI=1S/C19H19ClF3NO3S/c20-15-7-3-6-14(12-15)18(13-4-1-2-5-13)24-28(25,26)17-10-8-16(9-11-17)27-19(21,22)23/h3,6-13,18,24H,1-2,4-5H2. The van der Waals surface area contributed by atoms with E-state index in [1.807, 2.05) is 6.07 Å². The number of nitrogens with one attached hydrogen (secondary N) is 1. The molecule has 0 aliphatic heterocycles. The molecular formula is C19H19ClF3NO3S. The molecule has 2 aromatic rings. The molecule has 0 spiro atoms. The number of hydrogen-bond acceptors (Lipinski definition) is 3. The first-order chi connectivity index (χ1) is 13.1. The zero-order chi connectivity index (χ0) is 20.4. The third-order valence-electron chi connectivity index (χ3n) is 4.73. The van der Waals surface area contributed by atoms with Crippen molar-refractivity contribution in [2.75, 3.05) is 0 Å². The van der Waals surface area contributed by atoms with Crippen molar-refractivity contribution in [3.8, 4) is 5.75 Å². The van der Waals surface area contributed by atoms with Gasteiger partial charge in [-0.25, -0.2) is 13.1 Å². The molecule has 1 fully saturated rings. The summed E-state index contributed by atoms with van der Waals surface area (Å²) in [5, 5.41) is 0.508. The molecule has 3 rings (SSSR count).